The molecule has 5 rings (SSSR count). The van der Waals surface area contributed by atoms with Crippen LogP contribution in [0.5, 0.6) is 23.0 Å². The summed E-state index contributed by atoms with van der Waals surface area (Å²) < 4.78 is 22.6. The molecule has 2 heterocycles. The lowest BCUT2D eigenvalue weighted by molar-refractivity contribution is -0.138. The number of amides is 2. The number of aliphatic hydroxyl groups excluding tert-OH is 2. The molecule has 3 aliphatic rings. The van der Waals surface area contributed by atoms with Crippen molar-refractivity contribution < 1.29 is 43.5 Å². The van der Waals surface area contributed by atoms with Crippen LogP contribution in [0.25, 0.3) is 0 Å². The highest BCUT2D eigenvalue weighted by atomic mass is 16.7. The van der Waals surface area contributed by atoms with Gasteiger partial charge in [-0.05, 0) is 41.8 Å². The second kappa shape index (κ2) is 11.8. The Hall–Kier alpha value is -4.09. The summed E-state index contributed by atoms with van der Waals surface area (Å²) in [6.07, 6.45) is 0.320. The zero-order valence-electron chi connectivity index (χ0n) is 23.2. The minimum Gasteiger partial charge on any atom is -0.493 e. The van der Waals surface area contributed by atoms with Gasteiger partial charge in [0.15, 0.2) is 23.0 Å². The van der Waals surface area contributed by atoms with Gasteiger partial charge in [-0.1, -0.05) is 19.9 Å². The predicted molar refractivity (Wildman–Crippen MR) is 146 cm³/mol. The molecule has 0 radical (unpaired) electrons. The zero-order valence-corrected chi connectivity index (χ0v) is 23.2. The Morgan fingerprint density at radius 1 is 1.20 bits per heavy atom. The zero-order chi connectivity index (χ0) is 29.3. The van der Waals surface area contributed by atoms with E-state index in [9.17, 15) is 24.6 Å². The van der Waals surface area contributed by atoms with Crippen molar-refractivity contribution in [3.05, 3.63) is 58.7 Å². The van der Waals surface area contributed by atoms with Crippen molar-refractivity contribution in [1.82, 2.24) is 10.2 Å². The van der Waals surface area contributed by atoms with Crippen molar-refractivity contribution in [2.24, 2.45) is 5.92 Å². The second-order valence-electron chi connectivity index (χ2n) is 10.7. The van der Waals surface area contributed by atoms with E-state index in [1.54, 1.807) is 29.2 Å². The van der Waals surface area contributed by atoms with Gasteiger partial charge in [0.1, 0.15) is 18.5 Å². The molecule has 1 aliphatic carbocycles. The number of carbonyl (C=O) groups excluding carboxylic acids is 3. The Bertz CT molecular complexity index is 1370. The van der Waals surface area contributed by atoms with Crippen molar-refractivity contribution in [3.63, 3.8) is 0 Å². The highest BCUT2D eigenvalue weighted by molar-refractivity contribution is 5.96. The number of aliphatic hydroxyl groups is 2. The van der Waals surface area contributed by atoms with Crippen LogP contribution in [0.15, 0.2) is 42.0 Å². The topological polar surface area (TPSA) is 144 Å². The number of aldehydes is 1. The van der Waals surface area contributed by atoms with Crippen LogP contribution >= 0.6 is 0 Å². The first-order valence-electron chi connectivity index (χ1n) is 13.6. The van der Waals surface area contributed by atoms with Gasteiger partial charge in [-0.2, -0.15) is 0 Å². The maximum atomic E-state index is 13.7. The van der Waals surface area contributed by atoms with E-state index in [1.807, 2.05) is 19.9 Å². The quantitative estimate of drug-likeness (QED) is 0.368. The fraction of sp³-hybridized carbons (Fsp3) is 0.433. The van der Waals surface area contributed by atoms with Gasteiger partial charge in [-0.15, -0.1) is 0 Å². The SMILES string of the molecule is COc1cc(C=O)cc2c1O[C@@H]1[C@@H](O)[C@H](N(Cc3ccc4c(c3)OCO4)C(=O)CC(C)C)C=C(C(=O)NCCO)[C@H]21. The first-order chi connectivity index (χ1) is 19.7. The van der Waals surface area contributed by atoms with Crippen molar-refractivity contribution in [2.45, 2.75) is 51.0 Å². The van der Waals surface area contributed by atoms with Gasteiger partial charge < -0.3 is 39.4 Å². The summed E-state index contributed by atoms with van der Waals surface area (Å²) in [6.45, 7) is 3.86. The predicted octanol–water partition coefficient (Wildman–Crippen LogP) is 1.93. The largest absolute Gasteiger partial charge is 0.493 e. The molecule has 0 unspecified atom stereocenters. The summed E-state index contributed by atoms with van der Waals surface area (Å²) in [4.78, 5) is 40.4. The molecular formula is C30H34N2O9. The van der Waals surface area contributed by atoms with E-state index in [0.29, 0.717) is 40.4 Å². The van der Waals surface area contributed by atoms with E-state index in [4.69, 9.17) is 18.9 Å². The van der Waals surface area contributed by atoms with Crippen molar-refractivity contribution in [2.75, 3.05) is 27.1 Å². The Kier molecular flexibility index (Phi) is 8.18. The molecule has 0 bridgehead atoms. The van der Waals surface area contributed by atoms with Crippen LogP contribution in [0.4, 0.5) is 0 Å². The number of ether oxygens (including phenoxy) is 4. The lowest BCUT2D eigenvalue weighted by atomic mass is 9.77. The first kappa shape index (κ1) is 28.4. The van der Waals surface area contributed by atoms with E-state index < -0.39 is 30.1 Å². The van der Waals surface area contributed by atoms with Crippen LogP contribution in [-0.4, -0.2) is 78.5 Å². The fourth-order valence-corrected chi connectivity index (χ4v) is 5.62. The van der Waals surface area contributed by atoms with Crippen LogP contribution in [0.1, 0.15) is 47.7 Å². The van der Waals surface area contributed by atoms with Crippen molar-refractivity contribution in [1.29, 1.82) is 0 Å². The van der Waals surface area contributed by atoms with Gasteiger partial charge in [-0.3, -0.25) is 14.4 Å². The normalized spacial score (nSPS) is 21.9. The van der Waals surface area contributed by atoms with Crippen LogP contribution in [-0.2, 0) is 16.1 Å². The Balaban J connectivity index is 1.58. The molecule has 11 nitrogen and oxygen atoms in total. The van der Waals surface area contributed by atoms with Gasteiger partial charge in [0, 0.05) is 36.2 Å². The lowest BCUT2D eigenvalue weighted by Gasteiger charge is -2.41. The summed E-state index contributed by atoms with van der Waals surface area (Å²) in [5.41, 5.74) is 1.87. The third-order valence-corrected chi connectivity index (χ3v) is 7.46. The van der Waals surface area contributed by atoms with Crippen LogP contribution in [0, 0.1) is 5.92 Å². The number of hydrogen-bond donors (Lipinski definition) is 3. The average molecular weight is 567 g/mol. The molecule has 0 fully saturated rings. The molecule has 0 spiro atoms. The number of nitrogens with zero attached hydrogens (tertiary/aromatic N) is 1. The molecule has 0 saturated carbocycles. The van der Waals surface area contributed by atoms with Crippen LogP contribution < -0.4 is 24.3 Å². The monoisotopic (exact) mass is 566 g/mol. The van der Waals surface area contributed by atoms with Gasteiger partial charge in [0.05, 0.1) is 25.7 Å². The third-order valence-electron chi connectivity index (χ3n) is 7.46. The standard InChI is InChI=1S/C30H34N2O9/c1-16(2)8-25(35)32(13-17-4-5-22-23(10-17)40-15-39-22)21-12-20(30(37)31-6-7-33)26-19-9-18(14-34)11-24(38-3)28(19)41-29(26)27(21)36/h4-5,9-12,14,16,21,26-27,29,33,36H,6-8,13,15H2,1-3H3,(H,31,37)/t21-,26+,27+,29+/m1/s1. The number of carbonyl (C=O) groups is 3. The summed E-state index contributed by atoms with van der Waals surface area (Å²) in [5.74, 6) is 0.421. The summed E-state index contributed by atoms with van der Waals surface area (Å²) >= 11 is 0. The first-order valence-corrected chi connectivity index (χ1v) is 13.6. The molecule has 3 N–H and O–H groups in total. The fourth-order valence-electron chi connectivity index (χ4n) is 5.62. The number of methoxy groups -OCH3 is 1. The summed E-state index contributed by atoms with van der Waals surface area (Å²) in [5, 5.41) is 23.8. The van der Waals surface area contributed by atoms with Crippen LogP contribution in [0.2, 0.25) is 0 Å². The minimum atomic E-state index is -1.23. The highest BCUT2D eigenvalue weighted by Gasteiger charge is 2.51. The molecule has 2 aromatic rings. The van der Waals surface area contributed by atoms with E-state index in [1.165, 1.54) is 13.2 Å². The lowest BCUT2D eigenvalue weighted by Crippen LogP contribution is -2.55. The molecule has 41 heavy (non-hydrogen) atoms. The highest BCUT2D eigenvalue weighted by Crippen LogP contribution is 2.51. The van der Waals surface area contributed by atoms with Gasteiger partial charge in [-0.25, -0.2) is 0 Å². The molecule has 2 amide bonds. The van der Waals surface area contributed by atoms with Gasteiger partial charge in [0.25, 0.3) is 0 Å². The minimum absolute atomic E-state index is 0.0133. The number of fused-ring (bicyclic) bond motifs is 4. The molecule has 218 valence electrons. The maximum Gasteiger partial charge on any atom is 0.247 e. The smallest absolute Gasteiger partial charge is 0.247 e. The van der Waals surface area contributed by atoms with E-state index in [0.717, 1.165) is 5.56 Å². The van der Waals surface area contributed by atoms with E-state index >= 15 is 0 Å². The van der Waals surface area contributed by atoms with Crippen molar-refractivity contribution in [3.8, 4) is 23.0 Å². The molecular weight excluding hydrogens is 532 g/mol. The molecule has 2 aromatic carbocycles. The van der Waals surface area contributed by atoms with Gasteiger partial charge in [0.2, 0.25) is 18.6 Å². The average Bonchev–Trinajstić information content (AvgIpc) is 3.59. The number of benzene rings is 2. The maximum absolute atomic E-state index is 13.7. The van der Waals surface area contributed by atoms with E-state index in [2.05, 4.69) is 5.32 Å². The molecule has 4 atom stereocenters. The summed E-state index contributed by atoms with van der Waals surface area (Å²) in [6, 6.07) is 7.61. The molecule has 0 saturated heterocycles. The van der Waals surface area contributed by atoms with Crippen LogP contribution in [0.3, 0.4) is 0 Å². The Morgan fingerprint density at radius 3 is 2.68 bits per heavy atom. The Labute approximate surface area is 237 Å². The number of rotatable bonds is 10. The molecule has 0 aromatic heterocycles. The summed E-state index contributed by atoms with van der Waals surface area (Å²) in [7, 11) is 1.44. The Morgan fingerprint density at radius 2 is 1.98 bits per heavy atom. The van der Waals surface area contributed by atoms with E-state index in [-0.39, 0.29) is 50.3 Å². The second-order valence-corrected chi connectivity index (χ2v) is 10.7. The third kappa shape index (κ3) is 5.47. The molecule has 11 heteroatoms. The van der Waals surface area contributed by atoms with Gasteiger partial charge >= 0.3 is 0 Å². The number of hydrogen-bond acceptors (Lipinski definition) is 9. The number of nitrogens with one attached hydrogen (secondary N) is 1. The molecule has 2 aliphatic heterocycles. The van der Waals surface area contributed by atoms with Crippen molar-refractivity contribution >= 4 is 18.1 Å².